The summed E-state index contributed by atoms with van der Waals surface area (Å²) in [4.78, 5) is 43.2. The zero-order chi connectivity index (χ0) is 21.6. The Bertz CT molecular complexity index is 908. The Labute approximate surface area is 166 Å². The van der Waals surface area contributed by atoms with Gasteiger partial charge in [-0.15, -0.1) is 0 Å². The van der Waals surface area contributed by atoms with Crippen molar-refractivity contribution in [2.24, 2.45) is 0 Å². The molecule has 8 heteroatoms. The van der Waals surface area contributed by atoms with Gasteiger partial charge in [-0.2, -0.15) is 0 Å². The molecule has 0 aliphatic heterocycles. The first kappa shape index (κ1) is 21.6. The van der Waals surface area contributed by atoms with Crippen LogP contribution in [0.15, 0.2) is 42.5 Å². The smallest absolute Gasteiger partial charge is 0.336 e. The second-order valence-electron chi connectivity index (χ2n) is 6.52. The Hall–Kier alpha value is -3.68. The van der Waals surface area contributed by atoms with E-state index in [-0.39, 0.29) is 28.2 Å². The fourth-order valence-corrected chi connectivity index (χ4v) is 3.42. The fraction of sp³-hybridized carbons (Fsp3) is 0.238. The van der Waals surface area contributed by atoms with E-state index >= 15 is 0 Å². The lowest BCUT2D eigenvalue weighted by atomic mass is 9.90. The van der Waals surface area contributed by atoms with Gasteiger partial charge in [0.25, 0.3) is 0 Å². The monoisotopic (exact) mass is 400 g/mol. The first-order chi connectivity index (χ1) is 13.7. The van der Waals surface area contributed by atoms with Crippen molar-refractivity contribution in [3.63, 3.8) is 0 Å². The van der Waals surface area contributed by atoms with Gasteiger partial charge in [0.1, 0.15) is 0 Å². The molecule has 3 rings (SSSR count). The highest BCUT2D eigenvalue weighted by Gasteiger charge is 2.26. The molecule has 0 amide bonds. The molecular formula is C21H20O8. The Morgan fingerprint density at radius 2 is 1.07 bits per heavy atom. The van der Waals surface area contributed by atoms with Gasteiger partial charge >= 0.3 is 23.9 Å². The van der Waals surface area contributed by atoms with Crippen molar-refractivity contribution in [2.75, 3.05) is 0 Å². The van der Waals surface area contributed by atoms with E-state index in [1.165, 1.54) is 30.3 Å². The van der Waals surface area contributed by atoms with Crippen LogP contribution >= 0.6 is 0 Å². The summed E-state index contributed by atoms with van der Waals surface area (Å²) in [5.41, 5.74) is 0.152. The second-order valence-corrected chi connectivity index (χ2v) is 6.52. The average molecular weight is 400 g/mol. The SMILES string of the molecule is O=C(O)c1cccc(C2CCCC2)c1C(=O)O.O=C(O)c1ccccc1C(=O)O. The van der Waals surface area contributed by atoms with Crippen LogP contribution in [0.5, 0.6) is 0 Å². The van der Waals surface area contributed by atoms with E-state index < -0.39 is 23.9 Å². The van der Waals surface area contributed by atoms with E-state index in [1.54, 1.807) is 12.1 Å². The van der Waals surface area contributed by atoms with Crippen LogP contribution < -0.4 is 0 Å². The maximum absolute atomic E-state index is 11.2. The van der Waals surface area contributed by atoms with Gasteiger partial charge in [0.05, 0.1) is 22.3 Å². The molecule has 0 radical (unpaired) electrons. The molecule has 29 heavy (non-hydrogen) atoms. The van der Waals surface area contributed by atoms with Crippen LogP contribution in [0, 0.1) is 0 Å². The first-order valence-corrected chi connectivity index (χ1v) is 8.89. The third kappa shape index (κ3) is 5.19. The molecule has 8 nitrogen and oxygen atoms in total. The Balaban J connectivity index is 0.000000221. The summed E-state index contributed by atoms with van der Waals surface area (Å²) in [6.07, 6.45) is 4.06. The highest BCUT2D eigenvalue weighted by molar-refractivity contribution is 6.03. The number of hydrogen-bond donors (Lipinski definition) is 4. The third-order valence-electron chi connectivity index (χ3n) is 4.72. The van der Waals surface area contributed by atoms with Gasteiger partial charge in [-0.05, 0) is 42.5 Å². The number of hydrogen-bond acceptors (Lipinski definition) is 4. The predicted molar refractivity (Wildman–Crippen MR) is 102 cm³/mol. The Morgan fingerprint density at radius 3 is 1.48 bits per heavy atom. The third-order valence-corrected chi connectivity index (χ3v) is 4.72. The number of benzene rings is 2. The molecule has 0 unspecified atom stereocenters. The van der Waals surface area contributed by atoms with E-state index in [2.05, 4.69) is 0 Å². The second kappa shape index (κ2) is 9.50. The van der Waals surface area contributed by atoms with Crippen molar-refractivity contribution < 1.29 is 39.6 Å². The summed E-state index contributed by atoms with van der Waals surface area (Å²) in [7, 11) is 0. The molecule has 0 saturated heterocycles. The zero-order valence-corrected chi connectivity index (χ0v) is 15.4. The summed E-state index contributed by atoms with van der Waals surface area (Å²) in [5.74, 6) is -4.59. The normalized spacial score (nSPS) is 13.2. The maximum atomic E-state index is 11.2. The van der Waals surface area contributed by atoms with Crippen LogP contribution in [0.1, 0.15) is 78.6 Å². The molecule has 4 N–H and O–H groups in total. The largest absolute Gasteiger partial charge is 0.478 e. The van der Waals surface area contributed by atoms with Crippen molar-refractivity contribution in [2.45, 2.75) is 31.6 Å². The maximum Gasteiger partial charge on any atom is 0.336 e. The van der Waals surface area contributed by atoms with E-state index in [0.29, 0.717) is 5.56 Å². The van der Waals surface area contributed by atoms with Crippen LogP contribution in [-0.2, 0) is 0 Å². The van der Waals surface area contributed by atoms with Gasteiger partial charge in [0.15, 0.2) is 0 Å². The van der Waals surface area contributed by atoms with E-state index in [0.717, 1.165) is 25.7 Å². The van der Waals surface area contributed by atoms with Crippen molar-refractivity contribution in [3.8, 4) is 0 Å². The Kier molecular flexibility index (Phi) is 7.08. The molecule has 1 aliphatic carbocycles. The van der Waals surface area contributed by atoms with Crippen LogP contribution in [0.4, 0.5) is 0 Å². The number of carboxylic acids is 4. The lowest BCUT2D eigenvalue weighted by Crippen LogP contribution is -2.12. The van der Waals surface area contributed by atoms with Gasteiger partial charge in [-0.3, -0.25) is 0 Å². The molecule has 0 bridgehead atoms. The van der Waals surface area contributed by atoms with E-state index in [9.17, 15) is 24.3 Å². The fourth-order valence-electron chi connectivity index (χ4n) is 3.42. The Morgan fingerprint density at radius 1 is 0.621 bits per heavy atom. The summed E-state index contributed by atoms with van der Waals surface area (Å²) in [6, 6.07) is 10.2. The molecule has 0 heterocycles. The summed E-state index contributed by atoms with van der Waals surface area (Å²) >= 11 is 0. The van der Waals surface area contributed by atoms with Gasteiger partial charge in [-0.25, -0.2) is 19.2 Å². The number of rotatable bonds is 5. The highest BCUT2D eigenvalue weighted by Crippen LogP contribution is 2.36. The highest BCUT2D eigenvalue weighted by atomic mass is 16.4. The van der Waals surface area contributed by atoms with Crippen molar-refractivity contribution in [1.82, 2.24) is 0 Å². The van der Waals surface area contributed by atoms with Crippen molar-refractivity contribution >= 4 is 23.9 Å². The predicted octanol–water partition coefficient (Wildman–Crippen LogP) is 3.82. The molecule has 1 aliphatic rings. The van der Waals surface area contributed by atoms with Gasteiger partial charge in [0, 0.05) is 0 Å². The van der Waals surface area contributed by atoms with E-state index in [1.807, 2.05) is 0 Å². The molecule has 0 spiro atoms. The van der Waals surface area contributed by atoms with Crippen LogP contribution in [0.3, 0.4) is 0 Å². The molecule has 2 aromatic rings. The van der Waals surface area contributed by atoms with Gasteiger partial charge < -0.3 is 20.4 Å². The minimum absolute atomic E-state index is 0.0353. The topological polar surface area (TPSA) is 149 Å². The van der Waals surface area contributed by atoms with Crippen LogP contribution in [-0.4, -0.2) is 44.3 Å². The molecule has 1 fully saturated rings. The minimum Gasteiger partial charge on any atom is -0.478 e. The molecule has 2 aromatic carbocycles. The average Bonchev–Trinajstić information content (AvgIpc) is 3.22. The van der Waals surface area contributed by atoms with Crippen molar-refractivity contribution in [1.29, 1.82) is 0 Å². The van der Waals surface area contributed by atoms with E-state index in [4.69, 9.17) is 15.3 Å². The molecule has 0 atom stereocenters. The number of aromatic carboxylic acids is 4. The zero-order valence-electron chi connectivity index (χ0n) is 15.4. The molecular weight excluding hydrogens is 380 g/mol. The molecule has 152 valence electrons. The summed E-state index contributed by atoms with van der Waals surface area (Å²) in [5, 5.41) is 35.3. The summed E-state index contributed by atoms with van der Waals surface area (Å²) in [6.45, 7) is 0. The lowest BCUT2D eigenvalue weighted by molar-refractivity contribution is 0.0650. The van der Waals surface area contributed by atoms with Crippen molar-refractivity contribution in [3.05, 3.63) is 70.3 Å². The summed E-state index contributed by atoms with van der Waals surface area (Å²) < 4.78 is 0. The lowest BCUT2D eigenvalue weighted by Gasteiger charge is -2.14. The quantitative estimate of drug-likeness (QED) is 0.591. The minimum atomic E-state index is -1.23. The molecule has 1 saturated carbocycles. The molecule has 0 aromatic heterocycles. The van der Waals surface area contributed by atoms with Crippen LogP contribution in [0.2, 0.25) is 0 Å². The van der Waals surface area contributed by atoms with Gasteiger partial charge in [0.2, 0.25) is 0 Å². The number of carboxylic acid groups (broad SMARTS) is 4. The van der Waals surface area contributed by atoms with Crippen LogP contribution in [0.25, 0.3) is 0 Å². The number of carbonyl (C=O) groups is 4. The van der Waals surface area contributed by atoms with Gasteiger partial charge in [-0.1, -0.05) is 37.1 Å². The standard InChI is InChI=1S/C13H14O4.C8H6O4/c14-12(15)10-7-3-6-9(11(10)13(16)17)8-4-1-2-5-8;9-7(10)5-3-1-2-4-6(5)8(11)12/h3,6-8H,1-2,4-5H2,(H,14,15)(H,16,17);1-4H,(H,9,10)(H,11,12). The first-order valence-electron chi connectivity index (χ1n) is 8.89.